The van der Waals surface area contributed by atoms with Crippen LogP contribution in [0.3, 0.4) is 0 Å². The topological polar surface area (TPSA) is 50.1 Å². The van der Waals surface area contributed by atoms with Crippen LogP contribution in [0.25, 0.3) is 10.9 Å². The molecule has 1 atom stereocenters. The fourth-order valence-corrected chi connectivity index (χ4v) is 2.27. The average Bonchev–Trinajstić information content (AvgIpc) is 2.64. The molecule has 4 nitrogen and oxygen atoms in total. The average molecular weight is 261 g/mol. The van der Waals surface area contributed by atoms with Gasteiger partial charge >= 0.3 is 0 Å². The minimum Gasteiger partial charge on any atom is -0.388 e. The first-order chi connectivity index (χ1) is 8.89. The number of aryl methyl sites for hydroxylation is 1. The van der Waals surface area contributed by atoms with Gasteiger partial charge in [0.2, 0.25) is 0 Å². The van der Waals surface area contributed by atoms with E-state index in [-0.39, 0.29) is 0 Å². The zero-order valence-corrected chi connectivity index (χ0v) is 12.1. The Morgan fingerprint density at radius 3 is 2.74 bits per heavy atom. The number of hydrogen-bond acceptors (Lipinski definition) is 3. The highest BCUT2D eigenvalue weighted by Gasteiger charge is 2.24. The van der Waals surface area contributed by atoms with E-state index in [1.165, 1.54) is 0 Å². The van der Waals surface area contributed by atoms with Crippen molar-refractivity contribution in [2.45, 2.75) is 38.8 Å². The van der Waals surface area contributed by atoms with Crippen LogP contribution in [0, 0.1) is 0 Å². The molecule has 1 aromatic heterocycles. The molecule has 0 bridgehead atoms. The van der Waals surface area contributed by atoms with E-state index in [0.717, 1.165) is 16.6 Å². The summed E-state index contributed by atoms with van der Waals surface area (Å²) >= 11 is 0. The maximum atomic E-state index is 10.5. The predicted molar refractivity (Wildman–Crippen MR) is 78.2 cm³/mol. The van der Waals surface area contributed by atoms with E-state index in [2.05, 4.69) is 30.3 Å². The fourth-order valence-electron chi connectivity index (χ4n) is 2.27. The molecular weight excluding hydrogens is 238 g/mol. The first kappa shape index (κ1) is 14.0. The molecule has 2 aromatic rings. The van der Waals surface area contributed by atoms with Crippen LogP contribution in [-0.2, 0) is 13.5 Å². The number of aromatic nitrogens is 2. The van der Waals surface area contributed by atoms with Crippen LogP contribution < -0.4 is 5.32 Å². The van der Waals surface area contributed by atoms with E-state index < -0.39 is 5.60 Å². The van der Waals surface area contributed by atoms with Crippen molar-refractivity contribution in [3.63, 3.8) is 0 Å². The number of para-hydroxylation sites is 1. The number of benzene rings is 1. The quantitative estimate of drug-likeness (QED) is 0.864. The molecule has 0 spiro atoms. The van der Waals surface area contributed by atoms with Crippen LogP contribution in [0.4, 0.5) is 0 Å². The van der Waals surface area contributed by atoms with Crippen molar-refractivity contribution in [3.05, 3.63) is 30.0 Å². The van der Waals surface area contributed by atoms with Crippen LogP contribution in [0.2, 0.25) is 0 Å². The smallest absolute Gasteiger partial charge is 0.0799 e. The summed E-state index contributed by atoms with van der Waals surface area (Å²) in [6, 6.07) is 8.49. The standard InChI is InChI=1S/C15H23N3O/c1-11(2)16-10-15(3,19)9-13-12-7-5-6-8-14(12)18(4)17-13/h5-8,11,16,19H,9-10H2,1-4H3. The molecule has 0 fully saturated rings. The summed E-state index contributed by atoms with van der Waals surface area (Å²) in [5.74, 6) is 0. The van der Waals surface area contributed by atoms with Gasteiger partial charge in [0.05, 0.1) is 16.8 Å². The van der Waals surface area contributed by atoms with Crippen LogP contribution in [0.5, 0.6) is 0 Å². The highest BCUT2D eigenvalue weighted by atomic mass is 16.3. The van der Waals surface area contributed by atoms with E-state index in [0.29, 0.717) is 19.0 Å². The Morgan fingerprint density at radius 2 is 2.05 bits per heavy atom. The monoisotopic (exact) mass is 261 g/mol. The van der Waals surface area contributed by atoms with Gasteiger partial charge < -0.3 is 10.4 Å². The van der Waals surface area contributed by atoms with Gasteiger partial charge in [0.1, 0.15) is 0 Å². The second-order valence-electron chi connectivity index (χ2n) is 5.80. The molecule has 1 heterocycles. The summed E-state index contributed by atoms with van der Waals surface area (Å²) in [6.07, 6.45) is 0.550. The maximum absolute atomic E-state index is 10.5. The van der Waals surface area contributed by atoms with Crippen molar-refractivity contribution < 1.29 is 5.11 Å². The second kappa shape index (κ2) is 5.31. The summed E-state index contributed by atoms with van der Waals surface area (Å²) in [4.78, 5) is 0. The number of fused-ring (bicyclic) bond motifs is 1. The first-order valence-corrected chi connectivity index (χ1v) is 6.75. The summed E-state index contributed by atoms with van der Waals surface area (Å²) in [5, 5.41) is 19.4. The largest absolute Gasteiger partial charge is 0.388 e. The molecule has 104 valence electrons. The number of aliphatic hydroxyl groups is 1. The zero-order valence-electron chi connectivity index (χ0n) is 12.1. The predicted octanol–water partition coefficient (Wildman–Crippen LogP) is 1.86. The second-order valence-corrected chi connectivity index (χ2v) is 5.80. The Bertz CT molecular complexity index is 558. The van der Waals surface area contributed by atoms with Crippen LogP contribution in [0.15, 0.2) is 24.3 Å². The molecule has 0 saturated carbocycles. The molecule has 2 N–H and O–H groups in total. The van der Waals surface area contributed by atoms with Crippen molar-refractivity contribution in [3.8, 4) is 0 Å². The summed E-state index contributed by atoms with van der Waals surface area (Å²) in [6.45, 7) is 6.57. The Labute approximate surface area is 114 Å². The number of nitrogens with zero attached hydrogens (tertiary/aromatic N) is 2. The Morgan fingerprint density at radius 1 is 1.37 bits per heavy atom. The molecule has 0 amide bonds. The van der Waals surface area contributed by atoms with E-state index in [1.807, 2.05) is 36.9 Å². The minimum absolute atomic E-state index is 0.368. The van der Waals surface area contributed by atoms with Gasteiger partial charge in [-0.3, -0.25) is 4.68 Å². The van der Waals surface area contributed by atoms with Crippen LogP contribution in [-0.4, -0.2) is 33.1 Å². The fraction of sp³-hybridized carbons (Fsp3) is 0.533. The molecule has 0 radical (unpaired) electrons. The summed E-state index contributed by atoms with van der Waals surface area (Å²) in [7, 11) is 1.94. The lowest BCUT2D eigenvalue weighted by molar-refractivity contribution is 0.0573. The third-order valence-electron chi connectivity index (χ3n) is 3.27. The van der Waals surface area contributed by atoms with Crippen LogP contribution >= 0.6 is 0 Å². The van der Waals surface area contributed by atoms with Gasteiger partial charge in [-0.1, -0.05) is 32.0 Å². The molecule has 0 saturated heterocycles. The van der Waals surface area contributed by atoms with E-state index >= 15 is 0 Å². The maximum Gasteiger partial charge on any atom is 0.0799 e. The van der Waals surface area contributed by atoms with E-state index in [9.17, 15) is 5.11 Å². The van der Waals surface area contributed by atoms with E-state index in [1.54, 1.807) is 0 Å². The van der Waals surface area contributed by atoms with Gasteiger partial charge in [0.25, 0.3) is 0 Å². The lowest BCUT2D eigenvalue weighted by Crippen LogP contribution is -2.42. The first-order valence-electron chi connectivity index (χ1n) is 6.75. The lowest BCUT2D eigenvalue weighted by atomic mass is 9.98. The molecule has 4 heteroatoms. The van der Waals surface area contributed by atoms with E-state index in [4.69, 9.17) is 0 Å². The number of nitrogens with one attached hydrogen (secondary N) is 1. The molecule has 1 unspecified atom stereocenters. The van der Waals surface area contributed by atoms with Gasteiger partial charge in [-0.15, -0.1) is 0 Å². The van der Waals surface area contributed by atoms with Crippen molar-refractivity contribution in [1.29, 1.82) is 0 Å². The SMILES string of the molecule is CC(C)NCC(C)(O)Cc1nn(C)c2ccccc12. The Hall–Kier alpha value is -1.39. The third-order valence-corrected chi connectivity index (χ3v) is 3.27. The molecule has 0 aliphatic carbocycles. The number of rotatable bonds is 5. The molecule has 0 aliphatic heterocycles. The van der Waals surface area contributed by atoms with Gasteiger partial charge in [-0.05, 0) is 13.0 Å². The molecule has 0 aliphatic rings. The Balaban J connectivity index is 2.21. The van der Waals surface area contributed by atoms with Crippen LogP contribution in [0.1, 0.15) is 26.5 Å². The zero-order chi connectivity index (χ0) is 14.0. The van der Waals surface area contributed by atoms with Crippen molar-refractivity contribution >= 4 is 10.9 Å². The molecule has 19 heavy (non-hydrogen) atoms. The highest BCUT2D eigenvalue weighted by Crippen LogP contribution is 2.21. The van der Waals surface area contributed by atoms with Gasteiger partial charge in [-0.25, -0.2) is 0 Å². The number of hydrogen-bond donors (Lipinski definition) is 2. The van der Waals surface area contributed by atoms with Gasteiger partial charge in [0.15, 0.2) is 0 Å². The third kappa shape index (κ3) is 3.33. The van der Waals surface area contributed by atoms with Gasteiger partial charge in [-0.2, -0.15) is 5.10 Å². The highest BCUT2D eigenvalue weighted by molar-refractivity contribution is 5.81. The molecule has 2 rings (SSSR count). The van der Waals surface area contributed by atoms with Gasteiger partial charge in [0, 0.05) is 31.4 Å². The van der Waals surface area contributed by atoms with Crippen molar-refractivity contribution in [2.24, 2.45) is 7.05 Å². The molecular formula is C15H23N3O. The summed E-state index contributed by atoms with van der Waals surface area (Å²) < 4.78 is 1.87. The molecule has 1 aromatic carbocycles. The normalized spacial score (nSPS) is 15.1. The van der Waals surface area contributed by atoms with Crippen molar-refractivity contribution in [2.75, 3.05) is 6.54 Å². The van der Waals surface area contributed by atoms with Crippen molar-refractivity contribution in [1.82, 2.24) is 15.1 Å². The summed E-state index contributed by atoms with van der Waals surface area (Å²) in [5.41, 5.74) is 1.26. The lowest BCUT2D eigenvalue weighted by Gasteiger charge is -2.24. The minimum atomic E-state index is -0.790. The Kier molecular flexibility index (Phi) is 3.92.